The first-order valence-electron chi connectivity index (χ1n) is 8.49. The van der Waals surface area contributed by atoms with E-state index in [1.54, 1.807) is 13.2 Å². The predicted molar refractivity (Wildman–Crippen MR) is 82.5 cm³/mol. The number of ether oxygens (including phenoxy) is 2. The summed E-state index contributed by atoms with van der Waals surface area (Å²) in [6, 6.07) is 4.40. The van der Waals surface area contributed by atoms with Crippen molar-refractivity contribution < 1.29 is 16.0 Å². The van der Waals surface area contributed by atoms with Crippen molar-refractivity contribution in [3.05, 3.63) is 35.4 Å². The summed E-state index contributed by atoms with van der Waals surface area (Å²) in [5.74, 6) is 1.54. The van der Waals surface area contributed by atoms with E-state index in [0.29, 0.717) is 17.5 Å². The third-order valence-electron chi connectivity index (χ3n) is 6.13. The van der Waals surface area contributed by atoms with E-state index in [4.69, 9.17) is 10.8 Å². The Morgan fingerprint density at radius 3 is 3.14 bits per heavy atom. The molecule has 2 bridgehead atoms. The van der Waals surface area contributed by atoms with Crippen LogP contribution in [-0.4, -0.2) is 48.9 Å². The molecule has 4 nitrogen and oxygen atoms in total. The van der Waals surface area contributed by atoms with Crippen molar-refractivity contribution >= 4 is 0 Å². The normalized spacial score (nSPS) is 45.0. The Morgan fingerprint density at radius 2 is 2.32 bits per heavy atom. The van der Waals surface area contributed by atoms with E-state index >= 15 is 0 Å². The standard InChI is InChI=1S/C18H21NO3/c1-19-8-7-18-11-4-5-13(20)17(18)22-16-14(21-2)6-3-10(15(16)18)9-12(11)19/h3-6,11-13,17,20H,7-9H2,1-2H3/t11-,12+,13?,17?,18-/m0/s1/i17D. The van der Waals surface area contributed by atoms with Gasteiger partial charge in [0.15, 0.2) is 11.5 Å². The fraction of sp³-hybridized carbons (Fsp3) is 0.556. The first-order valence-corrected chi connectivity index (χ1v) is 7.99. The molecule has 2 heterocycles. The number of hydrogen-bond donors (Lipinski definition) is 1. The molecule has 5 atom stereocenters. The van der Waals surface area contributed by atoms with E-state index in [0.717, 1.165) is 24.9 Å². The highest BCUT2D eigenvalue weighted by Crippen LogP contribution is 2.62. The number of piperidine rings is 1. The van der Waals surface area contributed by atoms with Crippen LogP contribution >= 0.6 is 0 Å². The number of methoxy groups -OCH3 is 1. The van der Waals surface area contributed by atoms with Crippen LogP contribution in [0.15, 0.2) is 24.3 Å². The molecule has 5 rings (SSSR count). The zero-order valence-corrected chi connectivity index (χ0v) is 12.9. The lowest BCUT2D eigenvalue weighted by Crippen LogP contribution is -2.64. The average Bonchev–Trinajstić information content (AvgIpc) is 2.82. The Hall–Kier alpha value is -1.52. The van der Waals surface area contributed by atoms with Crippen molar-refractivity contribution in [3.63, 3.8) is 0 Å². The molecule has 1 aromatic carbocycles. The lowest BCUT2D eigenvalue weighted by molar-refractivity contribution is -0.0453. The Bertz CT molecular complexity index is 735. The number of benzene rings is 1. The van der Waals surface area contributed by atoms with Crippen LogP contribution in [-0.2, 0) is 11.8 Å². The average molecular weight is 300 g/mol. The molecule has 2 unspecified atom stereocenters. The molecule has 0 aromatic heterocycles. The molecule has 2 aliphatic carbocycles. The number of aliphatic hydroxyl groups excluding tert-OH is 1. The predicted octanol–water partition coefficient (Wildman–Crippen LogP) is 1.50. The van der Waals surface area contributed by atoms with Crippen LogP contribution in [0.5, 0.6) is 11.5 Å². The van der Waals surface area contributed by atoms with E-state index in [2.05, 4.69) is 24.1 Å². The third-order valence-corrected chi connectivity index (χ3v) is 6.13. The molecule has 4 aliphatic rings. The summed E-state index contributed by atoms with van der Waals surface area (Å²) >= 11 is 0. The van der Waals surface area contributed by atoms with Gasteiger partial charge < -0.3 is 19.5 Å². The van der Waals surface area contributed by atoms with Crippen LogP contribution < -0.4 is 9.47 Å². The van der Waals surface area contributed by atoms with Gasteiger partial charge in [-0.3, -0.25) is 0 Å². The van der Waals surface area contributed by atoms with Gasteiger partial charge in [-0.2, -0.15) is 0 Å². The van der Waals surface area contributed by atoms with Gasteiger partial charge in [-0.25, -0.2) is 0 Å². The highest BCUT2D eigenvalue weighted by molar-refractivity contribution is 5.62. The molecule has 1 N–H and O–H groups in total. The van der Waals surface area contributed by atoms with Crippen LogP contribution in [0.2, 0.25) is 0 Å². The van der Waals surface area contributed by atoms with Gasteiger partial charge in [0.1, 0.15) is 12.2 Å². The largest absolute Gasteiger partial charge is 0.493 e. The Balaban J connectivity index is 1.87. The maximum absolute atomic E-state index is 10.6. The Kier molecular flexibility index (Phi) is 2.21. The Labute approximate surface area is 131 Å². The summed E-state index contributed by atoms with van der Waals surface area (Å²) in [6.45, 7) is 0.918. The zero-order valence-electron chi connectivity index (χ0n) is 13.9. The fourth-order valence-corrected chi connectivity index (χ4v) is 5.15. The van der Waals surface area contributed by atoms with Crippen molar-refractivity contribution in [1.82, 2.24) is 4.90 Å². The van der Waals surface area contributed by atoms with Crippen LogP contribution in [0.1, 0.15) is 18.9 Å². The van der Waals surface area contributed by atoms with Gasteiger partial charge >= 0.3 is 0 Å². The van der Waals surface area contributed by atoms with Crippen molar-refractivity contribution in [1.29, 1.82) is 0 Å². The van der Waals surface area contributed by atoms with Crippen molar-refractivity contribution in [2.45, 2.75) is 36.5 Å². The number of likely N-dealkylation sites (tertiary alicyclic amines) is 1. The summed E-state index contributed by atoms with van der Waals surface area (Å²) in [4.78, 5) is 2.39. The second-order valence-corrected chi connectivity index (χ2v) is 6.93. The molecule has 2 aliphatic heterocycles. The van der Waals surface area contributed by atoms with Gasteiger partial charge in [0.05, 0.1) is 8.48 Å². The number of nitrogens with zero attached hydrogens (tertiary/aromatic N) is 1. The molecule has 0 amide bonds. The van der Waals surface area contributed by atoms with Gasteiger partial charge in [0.2, 0.25) is 0 Å². The second-order valence-electron chi connectivity index (χ2n) is 6.93. The molecule has 1 saturated heterocycles. The lowest BCUT2D eigenvalue weighted by atomic mass is 9.53. The molecular formula is C18H21NO3. The van der Waals surface area contributed by atoms with Crippen molar-refractivity contribution in [3.8, 4) is 11.5 Å². The summed E-state index contributed by atoms with van der Waals surface area (Å²) in [5.41, 5.74) is 1.88. The summed E-state index contributed by atoms with van der Waals surface area (Å²) in [7, 11) is 3.79. The molecule has 0 radical (unpaired) electrons. The number of likely N-dealkylation sites (N-methyl/N-ethyl adjacent to an activating group) is 1. The van der Waals surface area contributed by atoms with E-state index in [1.807, 2.05) is 6.07 Å². The van der Waals surface area contributed by atoms with Gasteiger partial charge in [0, 0.05) is 22.9 Å². The van der Waals surface area contributed by atoms with E-state index in [-0.39, 0.29) is 5.92 Å². The van der Waals surface area contributed by atoms with E-state index in [1.165, 1.54) is 5.56 Å². The second kappa shape index (κ2) is 4.06. The molecule has 1 spiro atoms. The molecular weight excluding hydrogens is 278 g/mol. The molecule has 1 fully saturated rings. The molecule has 0 saturated carbocycles. The summed E-state index contributed by atoms with van der Waals surface area (Å²) in [6.07, 6.45) is 3.37. The first-order chi connectivity index (χ1) is 11.0. The van der Waals surface area contributed by atoms with E-state index in [9.17, 15) is 5.11 Å². The molecule has 22 heavy (non-hydrogen) atoms. The van der Waals surface area contributed by atoms with E-state index < -0.39 is 17.6 Å². The maximum atomic E-state index is 10.6. The van der Waals surface area contributed by atoms with Gasteiger partial charge in [-0.1, -0.05) is 18.2 Å². The SMILES string of the molecule is [2H]C12Oc3c(OC)ccc4c3[C@@]13CCN(C)[C@H](C4)[C@@H]3C=CC2O. The summed E-state index contributed by atoms with van der Waals surface area (Å²) < 4.78 is 20.8. The highest BCUT2D eigenvalue weighted by Gasteiger charge is 2.64. The van der Waals surface area contributed by atoms with Gasteiger partial charge in [-0.15, -0.1) is 0 Å². The smallest absolute Gasteiger partial charge is 0.165 e. The number of aliphatic hydroxyl groups is 1. The quantitative estimate of drug-likeness (QED) is 0.798. The minimum absolute atomic E-state index is 0.197. The van der Waals surface area contributed by atoms with Crippen molar-refractivity contribution in [2.75, 3.05) is 20.7 Å². The topological polar surface area (TPSA) is 41.9 Å². The lowest BCUT2D eigenvalue weighted by Gasteiger charge is -2.56. The minimum atomic E-state index is -1.36. The number of hydrogen-bond acceptors (Lipinski definition) is 4. The van der Waals surface area contributed by atoms with Crippen LogP contribution in [0.3, 0.4) is 0 Å². The van der Waals surface area contributed by atoms with Crippen LogP contribution in [0.4, 0.5) is 0 Å². The third kappa shape index (κ3) is 1.28. The summed E-state index contributed by atoms with van der Waals surface area (Å²) in [5, 5.41) is 10.6. The van der Waals surface area contributed by atoms with Gasteiger partial charge in [0.25, 0.3) is 0 Å². The molecule has 1 aromatic rings. The van der Waals surface area contributed by atoms with Crippen LogP contribution in [0.25, 0.3) is 0 Å². The first kappa shape index (κ1) is 12.0. The maximum Gasteiger partial charge on any atom is 0.165 e. The minimum Gasteiger partial charge on any atom is -0.493 e. The Morgan fingerprint density at radius 1 is 1.45 bits per heavy atom. The molecule has 4 heteroatoms. The monoisotopic (exact) mass is 300 g/mol. The van der Waals surface area contributed by atoms with Gasteiger partial charge in [-0.05, 0) is 38.1 Å². The molecule has 116 valence electrons. The van der Waals surface area contributed by atoms with Crippen molar-refractivity contribution in [2.24, 2.45) is 5.92 Å². The fourth-order valence-electron chi connectivity index (χ4n) is 5.15. The van der Waals surface area contributed by atoms with Crippen LogP contribution in [0, 0.1) is 5.92 Å². The highest BCUT2D eigenvalue weighted by atomic mass is 16.5. The number of rotatable bonds is 1. The zero-order chi connectivity index (χ0) is 16.0.